The van der Waals surface area contributed by atoms with E-state index in [1.54, 1.807) is 0 Å². The molecule has 0 aliphatic heterocycles. The van der Waals surface area contributed by atoms with Gasteiger partial charge in [0.25, 0.3) is 0 Å². The molecule has 9 aromatic carbocycles. The van der Waals surface area contributed by atoms with Gasteiger partial charge < -0.3 is 8.98 Å². The van der Waals surface area contributed by atoms with Crippen LogP contribution >= 0.6 is 0 Å². The van der Waals surface area contributed by atoms with Crippen LogP contribution in [0.5, 0.6) is 0 Å². The lowest BCUT2D eigenvalue weighted by Gasteiger charge is -2.11. The standard InChI is InChI=1S/C55H34N4O/c1-3-12-35(13-4-1)53-56-54(36-14-5-2-6-15-36)58-55(57-53)43-23-22-40-32-44(27-24-39(40)31-43)59-49-20-9-7-18-45(49)47-33-41(25-28-50(47)59)37-16-11-17-38(30-37)42-26-29-52-48(34-42)46-19-8-10-21-51(46)60-52/h1-34H. The zero-order chi connectivity index (χ0) is 39.6. The molecule has 5 nitrogen and oxygen atoms in total. The van der Waals surface area contributed by atoms with Gasteiger partial charge in [0.15, 0.2) is 17.5 Å². The van der Waals surface area contributed by atoms with Crippen molar-refractivity contribution in [1.29, 1.82) is 0 Å². The zero-order valence-corrected chi connectivity index (χ0v) is 32.3. The van der Waals surface area contributed by atoms with Gasteiger partial charge in [0.2, 0.25) is 0 Å². The lowest BCUT2D eigenvalue weighted by atomic mass is 9.97. The predicted octanol–water partition coefficient (Wildman–Crippen LogP) is 14.4. The molecule has 0 bridgehead atoms. The summed E-state index contributed by atoms with van der Waals surface area (Å²) in [6.45, 7) is 0. The number of aromatic nitrogens is 4. The highest BCUT2D eigenvalue weighted by molar-refractivity contribution is 6.11. The molecule has 5 heteroatoms. The van der Waals surface area contributed by atoms with Crippen LogP contribution in [0.3, 0.4) is 0 Å². The summed E-state index contributed by atoms with van der Waals surface area (Å²) in [4.78, 5) is 14.8. The molecule has 0 amide bonds. The van der Waals surface area contributed by atoms with E-state index in [4.69, 9.17) is 19.4 Å². The molecule has 280 valence electrons. The minimum atomic E-state index is 0.644. The minimum absolute atomic E-state index is 0.644. The van der Waals surface area contributed by atoms with Gasteiger partial charge in [-0.3, -0.25) is 0 Å². The fourth-order valence-electron chi connectivity index (χ4n) is 8.66. The summed E-state index contributed by atoms with van der Waals surface area (Å²) >= 11 is 0. The van der Waals surface area contributed by atoms with E-state index in [1.807, 2.05) is 72.8 Å². The van der Waals surface area contributed by atoms with Gasteiger partial charge in [0.1, 0.15) is 11.2 Å². The van der Waals surface area contributed by atoms with Gasteiger partial charge in [-0.2, -0.15) is 0 Å². The number of fused-ring (bicyclic) bond motifs is 7. The van der Waals surface area contributed by atoms with Gasteiger partial charge in [0, 0.05) is 43.9 Å². The van der Waals surface area contributed by atoms with Crippen LogP contribution < -0.4 is 0 Å². The Morgan fingerprint density at radius 1 is 0.300 bits per heavy atom. The fraction of sp³-hybridized carbons (Fsp3) is 0. The minimum Gasteiger partial charge on any atom is -0.456 e. The molecule has 0 radical (unpaired) electrons. The van der Waals surface area contributed by atoms with E-state index in [9.17, 15) is 0 Å². The molecular weight excluding hydrogens is 733 g/mol. The van der Waals surface area contributed by atoms with Crippen LogP contribution in [0.2, 0.25) is 0 Å². The SMILES string of the molecule is c1ccc(-c2nc(-c3ccccc3)nc(-c3ccc4cc(-n5c6ccccc6c6cc(-c7cccc(-c8ccc9oc%10ccccc%10c9c8)c7)ccc65)ccc4c3)n2)cc1. The Balaban J connectivity index is 0.920. The number of rotatable bonds is 6. The third-order valence-corrected chi connectivity index (χ3v) is 11.6. The predicted molar refractivity (Wildman–Crippen MR) is 246 cm³/mol. The summed E-state index contributed by atoms with van der Waals surface area (Å²) in [5.74, 6) is 1.95. The van der Waals surface area contributed by atoms with E-state index < -0.39 is 0 Å². The largest absolute Gasteiger partial charge is 0.456 e. The molecule has 60 heavy (non-hydrogen) atoms. The molecule has 0 saturated heterocycles. The average Bonchev–Trinajstić information content (AvgIpc) is 3.87. The zero-order valence-electron chi connectivity index (χ0n) is 32.3. The average molecular weight is 767 g/mol. The number of benzene rings is 9. The number of para-hydroxylation sites is 2. The second-order valence-corrected chi connectivity index (χ2v) is 15.3. The third-order valence-electron chi connectivity index (χ3n) is 11.6. The first-order valence-electron chi connectivity index (χ1n) is 20.2. The summed E-state index contributed by atoms with van der Waals surface area (Å²) in [5.41, 5.74) is 12.8. The summed E-state index contributed by atoms with van der Waals surface area (Å²) in [6, 6.07) is 72.5. The Kier molecular flexibility index (Phi) is 7.78. The third kappa shape index (κ3) is 5.75. The number of furan rings is 1. The van der Waals surface area contributed by atoms with E-state index in [0.717, 1.165) is 60.6 Å². The first kappa shape index (κ1) is 33.9. The van der Waals surface area contributed by atoms with Crippen LogP contribution in [-0.4, -0.2) is 19.5 Å². The molecule has 0 saturated carbocycles. The van der Waals surface area contributed by atoms with E-state index in [-0.39, 0.29) is 0 Å². The van der Waals surface area contributed by atoms with Crippen LogP contribution in [0.25, 0.3) is 117 Å². The Morgan fingerprint density at radius 3 is 1.57 bits per heavy atom. The Bertz CT molecular complexity index is 3550. The summed E-state index contributed by atoms with van der Waals surface area (Å²) < 4.78 is 8.49. The van der Waals surface area contributed by atoms with Crippen molar-refractivity contribution in [2.45, 2.75) is 0 Å². The highest BCUT2D eigenvalue weighted by Crippen LogP contribution is 2.38. The second kappa shape index (κ2) is 13.8. The van der Waals surface area contributed by atoms with E-state index in [1.165, 1.54) is 38.5 Å². The van der Waals surface area contributed by atoms with Crippen molar-refractivity contribution in [3.05, 3.63) is 206 Å². The molecule has 0 atom stereocenters. The van der Waals surface area contributed by atoms with Gasteiger partial charge in [-0.05, 0) is 93.7 Å². The first-order valence-corrected chi connectivity index (χ1v) is 20.2. The van der Waals surface area contributed by atoms with Crippen molar-refractivity contribution < 1.29 is 4.42 Å². The molecule has 0 unspecified atom stereocenters. The second-order valence-electron chi connectivity index (χ2n) is 15.3. The van der Waals surface area contributed by atoms with Crippen LogP contribution in [0.1, 0.15) is 0 Å². The van der Waals surface area contributed by atoms with E-state index >= 15 is 0 Å². The van der Waals surface area contributed by atoms with Crippen molar-refractivity contribution >= 4 is 54.5 Å². The first-order chi connectivity index (χ1) is 29.7. The molecule has 0 aliphatic rings. The normalized spacial score (nSPS) is 11.7. The van der Waals surface area contributed by atoms with Crippen LogP contribution in [-0.2, 0) is 0 Å². The van der Waals surface area contributed by atoms with E-state index in [0.29, 0.717) is 17.5 Å². The van der Waals surface area contributed by atoms with Crippen LogP contribution in [0.15, 0.2) is 211 Å². The van der Waals surface area contributed by atoms with Gasteiger partial charge >= 0.3 is 0 Å². The molecule has 12 rings (SSSR count). The van der Waals surface area contributed by atoms with Crippen molar-refractivity contribution in [2.24, 2.45) is 0 Å². The summed E-state index contributed by atoms with van der Waals surface area (Å²) in [6.07, 6.45) is 0. The molecule has 0 fully saturated rings. The maximum absolute atomic E-state index is 6.11. The smallest absolute Gasteiger partial charge is 0.164 e. The summed E-state index contributed by atoms with van der Waals surface area (Å²) in [5, 5.41) is 6.96. The van der Waals surface area contributed by atoms with Gasteiger partial charge in [-0.1, -0.05) is 146 Å². The van der Waals surface area contributed by atoms with Crippen molar-refractivity contribution in [3.63, 3.8) is 0 Å². The highest BCUT2D eigenvalue weighted by atomic mass is 16.3. The Hall–Kier alpha value is -8.15. The fourth-order valence-corrected chi connectivity index (χ4v) is 8.66. The maximum atomic E-state index is 6.11. The van der Waals surface area contributed by atoms with Gasteiger partial charge in [-0.25, -0.2) is 15.0 Å². The van der Waals surface area contributed by atoms with Crippen LogP contribution in [0, 0.1) is 0 Å². The lowest BCUT2D eigenvalue weighted by molar-refractivity contribution is 0.669. The van der Waals surface area contributed by atoms with Gasteiger partial charge in [-0.15, -0.1) is 0 Å². The van der Waals surface area contributed by atoms with Crippen molar-refractivity contribution in [3.8, 4) is 62.1 Å². The Labute approximate surface area is 345 Å². The summed E-state index contributed by atoms with van der Waals surface area (Å²) in [7, 11) is 0. The Morgan fingerprint density at radius 2 is 0.817 bits per heavy atom. The van der Waals surface area contributed by atoms with Gasteiger partial charge in [0.05, 0.1) is 11.0 Å². The number of hydrogen-bond acceptors (Lipinski definition) is 4. The monoisotopic (exact) mass is 766 g/mol. The number of nitrogens with zero attached hydrogens (tertiary/aromatic N) is 4. The quantitative estimate of drug-likeness (QED) is 0.169. The highest BCUT2D eigenvalue weighted by Gasteiger charge is 2.16. The molecule has 0 N–H and O–H groups in total. The lowest BCUT2D eigenvalue weighted by Crippen LogP contribution is -2.00. The number of hydrogen-bond donors (Lipinski definition) is 0. The molecule has 3 heterocycles. The van der Waals surface area contributed by atoms with E-state index in [2.05, 4.69) is 138 Å². The topological polar surface area (TPSA) is 56.7 Å². The van der Waals surface area contributed by atoms with Crippen molar-refractivity contribution in [1.82, 2.24) is 19.5 Å². The van der Waals surface area contributed by atoms with Crippen LogP contribution in [0.4, 0.5) is 0 Å². The molecule has 0 aliphatic carbocycles. The molecule has 0 spiro atoms. The van der Waals surface area contributed by atoms with Crippen molar-refractivity contribution in [2.75, 3.05) is 0 Å². The molecule has 3 aromatic heterocycles. The molecule has 12 aromatic rings. The molecular formula is C55H34N4O. The maximum Gasteiger partial charge on any atom is 0.164 e.